The van der Waals surface area contributed by atoms with E-state index in [-0.39, 0.29) is 0 Å². The molecule has 144 valence electrons. The molecule has 3 N–H and O–H groups in total. The zero-order valence-electron chi connectivity index (χ0n) is 15.8. The minimum Gasteiger partial charge on any atom is -0.371 e. The first kappa shape index (κ1) is 16.3. The Morgan fingerprint density at radius 3 is 2.76 bits per heavy atom. The molecule has 0 saturated carbocycles. The van der Waals surface area contributed by atoms with E-state index in [1.165, 1.54) is 24.9 Å². The molecule has 8 heteroatoms. The lowest BCUT2D eigenvalue weighted by Crippen LogP contribution is -2.29. The van der Waals surface area contributed by atoms with Gasteiger partial charge in [-0.2, -0.15) is 10.2 Å². The maximum atomic E-state index is 4.56. The molecule has 6 heterocycles. The highest BCUT2D eigenvalue weighted by Crippen LogP contribution is 2.34. The Morgan fingerprint density at radius 2 is 1.90 bits per heavy atom. The van der Waals surface area contributed by atoms with Gasteiger partial charge in [-0.05, 0) is 37.5 Å². The highest BCUT2D eigenvalue weighted by molar-refractivity contribution is 5.99. The number of anilines is 1. The number of pyridine rings is 2. The summed E-state index contributed by atoms with van der Waals surface area (Å²) in [5.74, 6) is 0. The van der Waals surface area contributed by atoms with E-state index in [1.54, 1.807) is 6.20 Å². The first-order chi connectivity index (χ1) is 14.4. The van der Waals surface area contributed by atoms with E-state index in [1.807, 2.05) is 24.7 Å². The molecule has 0 atom stereocenters. The fourth-order valence-electron chi connectivity index (χ4n) is 4.22. The molecular weight excluding hydrogens is 364 g/mol. The van der Waals surface area contributed by atoms with Crippen LogP contribution in [0.5, 0.6) is 0 Å². The third-order valence-electron chi connectivity index (χ3n) is 5.70. The Labute approximate surface area is 166 Å². The van der Waals surface area contributed by atoms with E-state index in [0.717, 1.165) is 57.7 Å². The van der Waals surface area contributed by atoms with Gasteiger partial charge in [0.2, 0.25) is 0 Å². The molecule has 1 aliphatic heterocycles. The molecule has 0 bridgehead atoms. The Morgan fingerprint density at radius 1 is 0.966 bits per heavy atom. The van der Waals surface area contributed by atoms with E-state index in [9.17, 15) is 0 Å². The molecule has 0 amide bonds. The standard InChI is InChI=1S/C21H20N8/c1-2-6-29(7-3-1)19-4-5-22-21-15(19)9-17(26-21)20-14-8-16(13-10-24-25-11-13)23-12-18(14)27-28-20/h4-5,8-12H,1-3,6-7H2,(H,22,26)(H,24,25)(H,27,28). The van der Waals surface area contributed by atoms with Crippen LogP contribution in [0.25, 0.3) is 44.6 Å². The SMILES string of the molecule is c1cc(N2CCCCC2)c2cc(-c3n[nH]c4cnc(-c5cn[nH]c5)cc34)[nH]c2n1. The van der Waals surface area contributed by atoms with Crippen LogP contribution in [-0.2, 0) is 0 Å². The maximum absolute atomic E-state index is 4.56. The van der Waals surface area contributed by atoms with E-state index < -0.39 is 0 Å². The number of nitrogens with one attached hydrogen (secondary N) is 3. The lowest BCUT2D eigenvalue weighted by molar-refractivity contribution is 0.579. The van der Waals surface area contributed by atoms with Gasteiger partial charge in [-0.15, -0.1) is 0 Å². The van der Waals surface area contributed by atoms with Crippen molar-refractivity contribution >= 4 is 27.6 Å². The van der Waals surface area contributed by atoms with Gasteiger partial charge >= 0.3 is 0 Å². The van der Waals surface area contributed by atoms with Crippen LogP contribution in [0.4, 0.5) is 5.69 Å². The summed E-state index contributed by atoms with van der Waals surface area (Å²) in [5, 5.41) is 16.7. The van der Waals surface area contributed by atoms with E-state index in [0.29, 0.717) is 0 Å². The summed E-state index contributed by atoms with van der Waals surface area (Å²) in [6.45, 7) is 2.20. The number of aromatic amines is 3. The van der Waals surface area contributed by atoms with Gasteiger partial charge in [0.25, 0.3) is 0 Å². The zero-order valence-corrected chi connectivity index (χ0v) is 15.8. The number of piperidine rings is 1. The van der Waals surface area contributed by atoms with Crippen molar-refractivity contribution < 1.29 is 0 Å². The average Bonchev–Trinajstić information content (AvgIpc) is 3.52. The van der Waals surface area contributed by atoms with Crippen LogP contribution in [0.1, 0.15) is 19.3 Å². The fraction of sp³-hybridized carbons (Fsp3) is 0.238. The second-order valence-corrected chi connectivity index (χ2v) is 7.50. The van der Waals surface area contributed by atoms with Gasteiger partial charge < -0.3 is 9.88 Å². The van der Waals surface area contributed by atoms with Crippen LogP contribution >= 0.6 is 0 Å². The van der Waals surface area contributed by atoms with Gasteiger partial charge in [-0.1, -0.05) is 0 Å². The number of fused-ring (bicyclic) bond motifs is 2. The molecule has 5 aromatic heterocycles. The average molecular weight is 384 g/mol. The highest BCUT2D eigenvalue weighted by atomic mass is 15.1. The van der Waals surface area contributed by atoms with Gasteiger partial charge in [0, 0.05) is 47.5 Å². The Kier molecular flexibility index (Phi) is 3.62. The first-order valence-corrected chi connectivity index (χ1v) is 9.93. The molecule has 5 aromatic rings. The lowest BCUT2D eigenvalue weighted by atomic mass is 10.1. The van der Waals surface area contributed by atoms with Crippen molar-refractivity contribution in [1.82, 2.24) is 35.3 Å². The van der Waals surface area contributed by atoms with Gasteiger partial charge in [0.1, 0.15) is 11.3 Å². The van der Waals surface area contributed by atoms with Crippen LogP contribution in [-0.4, -0.2) is 48.4 Å². The number of H-pyrrole nitrogens is 3. The quantitative estimate of drug-likeness (QED) is 0.438. The smallest absolute Gasteiger partial charge is 0.139 e. The van der Waals surface area contributed by atoms with Crippen molar-refractivity contribution in [3.8, 4) is 22.6 Å². The molecule has 29 heavy (non-hydrogen) atoms. The van der Waals surface area contributed by atoms with E-state index >= 15 is 0 Å². The van der Waals surface area contributed by atoms with Crippen molar-refractivity contribution in [1.29, 1.82) is 0 Å². The number of rotatable bonds is 3. The number of nitrogens with zero attached hydrogens (tertiary/aromatic N) is 5. The molecule has 1 aliphatic rings. The Balaban J connectivity index is 1.48. The summed E-state index contributed by atoms with van der Waals surface area (Å²) in [6, 6.07) is 6.33. The van der Waals surface area contributed by atoms with Gasteiger partial charge in [-0.25, -0.2) is 4.98 Å². The fourth-order valence-corrected chi connectivity index (χ4v) is 4.22. The largest absolute Gasteiger partial charge is 0.371 e. The summed E-state index contributed by atoms with van der Waals surface area (Å²) in [4.78, 5) is 15.0. The topological polar surface area (TPSA) is 102 Å². The minimum absolute atomic E-state index is 0.858. The summed E-state index contributed by atoms with van der Waals surface area (Å²) >= 11 is 0. The molecular formula is C21H20N8. The normalized spacial score (nSPS) is 14.8. The third kappa shape index (κ3) is 2.67. The molecule has 1 saturated heterocycles. The Bertz CT molecular complexity index is 1290. The summed E-state index contributed by atoms with van der Waals surface area (Å²) in [6.07, 6.45) is 11.1. The molecule has 0 aromatic carbocycles. The lowest BCUT2D eigenvalue weighted by Gasteiger charge is -2.29. The summed E-state index contributed by atoms with van der Waals surface area (Å²) in [7, 11) is 0. The minimum atomic E-state index is 0.858. The molecule has 1 fully saturated rings. The van der Waals surface area contributed by atoms with E-state index in [4.69, 9.17) is 0 Å². The molecule has 0 aliphatic carbocycles. The molecule has 0 radical (unpaired) electrons. The Hall–Kier alpha value is -3.68. The van der Waals surface area contributed by atoms with Crippen LogP contribution in [0.2, 0.25) is 0 Å². The predicted octanol–water partition coefficient (Wildman–Crippen LogP) is 3.88. The molecule has 6 rings (SSSR count). The molecule has 0 unspecified atom stereocenters. The zero-order chi connectivity index (χ0) is 19.2. The highest BCUT2D eigenvalue weighted by Gasteiger charge is 2.18. The first-order valence-electron chi connectivity index (χ1n) is 9.93. The number of hydrogen-bond acceptors (Lipinski definition) is 5. The van der Waals surface area contributed by atoms with Gasteiger partial charge in [0.15, 0.2) is 0 Å². The summed E-state index contributed by atoms with van der Waals surface area (Å²) in [5.41, 5.74) is 6.67. The number of hydrogen-bond donors (Lipinski definition) is 3. The monoisotopic (exact) mass is 384 g/mol. The van der Waals surface area contributed by atoms with Crippen LogP contribution in [0, 0.1) is 0 Å². The van der Waals surface area contributed by atoms with Crippen molar-refractivity contribution in [2.75, 3.05) is 18.0 Å². The van der Waals surface area contributed by atoms with Crippen LogP contribution in [0.3, 0.4) is 0 Å². The third-order valence-corrected chi connectivity index (χ3v) is 5.70. The van der Waals surface area contributed by atoms with E-state index in [2.05, 4.69) is 52.4 Å². The van der Waals surface area contributed by atoms with Crippen molar-refractivity contribution in [2.45, 2.75) is 19.3 Å². The molecule has 8 nitrogen and oxygen atoms in total. The number of aromatic nitrogens is 7. The van der Waals surface area contributed by atoms with Crippen molar-refractivity contribution in [3.63, 3.8) is 0 Å². The maximum Gasteiger partial charge on any atom is 0.139 e. The van der Waals surface area contributed by atoms with Crippen LogP contribution < -0.4 is 4.90 Å². The van der Waals surface area contributed by atoms with Crippen LogP contribution in [0.15, 0.2) is 43.0 Å². The second-order valence-electron chi connectivity index (χ2n) is 7.50. The summed E-state index contributed by atoms with van der Waals surface area (Å²) < 4.78 is 0. The van der Waals surface area contributed by atoms with Crippen molar-refractivity contribution in [2.24, 2.45) is 0 Å². The van der Waals surface area contributed by atoms with Crippen molar-refractivity contribution in [3.05, 3.63) is 43.0 Å². The second kappa shape index (κ2) is 6.44. The van der Waals surface area contributed by atoms with Gasteiger partial charge in [-0.3, -0.25) is 15.2 Å². The predicted molar refractivity (Wildman–Crippen MR) is 113 cm³/mol. The van der Waals surface area contributed by atoms with Gasteiger partial charge in [0.05, 0.1) is 29.3 Å². The molecule has 0 spiro atoms.